The molecule has 0 saturated heterocycles. The monoisotopic (exact) mass is 447 g/mol. The molecule has 33 heavy (non-hydrogen) atoms. The van der Waals surface area contributed by atoms with E-state index in [1.807, 2.05) is 36.4 Å². The molecule has 9 nitrogen and oxygen atoms in total. The molecular formula is C24H25N5O4. The highest BCUT2D eigenvalue weighted by Crippen LogP contribution is 2.39. The van der Waals surface area contributed by atoms with Crippen LogP contribution in [0.3, 0.4) is 0 Å². The molecule has 0 unspecified atom stereocenters. The predicted molar refractivity (Wildman–Crippen MR) is 127 cm³/mol. The number of nitrogens with two attached hydrogens (primary N) is 1. The molecule has 1 amide bonds. The topological polar surface area (TPSA) is 114 Å². The van der Waals surface area contributed by atoms with E-state index in [1.54, 1.807) is 32.0 Å². The summed E-state index contributed by atoms with van der Waals surface area (Å²) in [5, 5.41) is 2.78. The number of rotatable bonds is 8. The number of nitrogens with one attached hydrogen (secondary N) is 1. The van der Waals surface area contributed by atoms with Crippen LogP contribution in [0.2, 0.25) is 0 Å². The van der Waals surface area contributed by atoms with E-state index in [0.29, 0.717) is 52.5 Å². The largest absolute Gasteiger partial charge is 0.493 e. The number of para-hydroxylation sites is 2. The molecule has 0 aliphatic carbocycles. The Labute approximate surface area is 190 Å². The highest BCUT2D eigenvalue weighted by molar-refractivity contribution is 6.10. The third kappa shape index (κ3) is 3.89. The summed E-state index contributed by atoms with van der Waals surface area (Å²) in [4.78, 5) is 22.4. The lowest BCUT2D eigenvalue weighted by molar-refractivity contribution is 0.0960. The van der Waals surface area contributed by atoms with Crippen LogP contribution >= 0.6 is 0 Å². The standard InChI is InChI=1S/C24H25N5O4/c1-5-10-26-24(30)19-20-23(28-16-9-7-6-8-15(16)27-20)29(22(19)25)13-14-11-17(31-2)21(33-4)18(12-14)32-3/h5-9,11-12H,1,10,13,25H2,2-4H3,(H,26,30). The molecule has 9 heteroatoms. The van der Waals surface area contributed by atoms with Gasteiger partial charge < -0.3 is 29.8 Å². The molecule has 0 aliphatic rings. The number of carbonyl (C=O) groups excluding carboxylic acids is 1. The van der Waals surface area contributed by atoms with Crippen LogP contribution in [0, 0.1) is 0 Å². The number of fused-ring (bicyclic) bond motifs is 2. The Hall–Kier alpha value is -4.27. The van der Waals surface area contributed by atoms with Gasteiger partial charge in [-0.25, -0.2) is 9.97 Å². The second-order valence-corrected chi connectivity index (χ2v) is 7.26. The third-order valence-corrected chi connectivity index (χ3v) is 5.29. The van der Waals surface area contributed by atoms with Crippen LogP contribution in [0.25, 0.3) is 22.2 Å². The predicted octanol–water partition coefficient (Wildman–Crippen LogP) is 3.16. The molecule has 0 spiro atoms. The van der Waals surface area contributed by atoms with E-state index in [-0.39, 0.29) is 17.3 Å². The average molecular weight is 447 g/mol. The molecule has 170 valence electrons. The number of hydrogen-bond acceptors (Lipinski definition) is 7. The number of carbonyl (C=O) groups is 1. The molecule has 4 rings (SSSR count). The zero-order valence-electron chi connectivity index (χ0n) is 18.7. The smallest absolute Gasteiger partial charge is 0.257 e. The fourth-order valence-electron chi connectivity index (χ4n) is 3.76. The lowest BCUT2D eigenvalue weighted by atomic mass is 10.1. The Morgan fingerprint density at radius 3 is 2.30 bits per heavy atom. The van der Waals surface area contributed by atoms with Crippen molar-refractivity contribution in [1.29, 1.82) is 0 Å². The van der Waals surface area contributed by atoms with Crippen molar-refractivity contribution in [3.63, 3.8) is 0 Å². The Bertz CT molecular complexity index is 1340. The van der Waals surface area contributed by atoms with Crippen LogP contribution in [-0.4, -0.2) is 48.3 Å². The van der Waals surface area contributed by atoms with Crippen molar-refractivity contribution < 1.29 is 19.0 Å². The number of nitrogen functional groups attached to an aromatic ring is 1. The lowest BCUT2D eigenvalue weighted by Crippen LogP contribution is -2.24. The summed E-state index contributed by atoms with van der Waals surface area (Å²) >= 11 is 0. The average Bonchev–Trinajstić information content (AvgIpc) is 3.10. The van der Waals surface area contributed by atoms with Crippen LogP contribution in [0.15, 0.2) is 49.1 Å². The Morgan fingerprint density at radius 1 is 1.09 bits per heavy atom. The Kier molecular flexibility index (Phi) is 6.03. The summed E-state index contributed by atoms with van der Waals surface area (Å²) in [5.74, 6) is 1.44. The van der Waals surface area contributed by atoms with Gasteiger partial charge in [-0.3, -0.25) is 4.79 Å². The minimum Gasteiger partial charge on any atom is -0.493 e. The highest BCUT2D eigenvalue weighted by atomic mass is 16.5. The zero-order chi connectivity index (χ0) is 23.5. The number of nitrogens with zero attached hydrogens (tertiary/aromatic N) is 3. The molecule has 0 fully saturated rings. The van der Waals surface area contributed by atoms with Crippen molar-refractivity contribution >= 4 is 33.9 Å². The van der Waals surface area contributed by atoms with E-state index in [1.165, 1.54) is 0 Å². The fraction of sp³-hybridized carbons (Fsp3) is 0.208. The molecule has 2 heterocycles. The van der Waals surface area contributed by atoms with Crippen molar-refractivity contribution in [2.45, 2.75) is 6.54 Å². The maximum absolute atomic E-state index is 12.9. The summed E-state index contributed by atoms with van der Waals surface area (Å²) < 4.78 is 18.1. The van der Waals surface area contributed by atoms with E-state index in [2.05, 4.69) is 11.9 Å². The van der Waals surface area contributed by atoms with E-state index in [9.17, 15) is 4.79 Å². The quantitative estimate of drug-likeness (QED) is 0.399. The number of benzene rings is 2. The van der Waals surface area contributed by atoms with Crippen molar-refractivity contribution in [3.8, 4) is 17.2 Å². The summed E-state index contributed by atoms with van der Waals surface area (Å²) in [6.45, 7) is 4.26. The molecule has 0 bridgehead atoms. The van der Waals surface area contributed by atoms with Gasteiger partial charge in [0.1, 0.15) is 16.9 Å². The summed E-state index contributed by atoms with van der Waals surface area (Å²) in [7, 11) is 4.66. The Balaban J connectivity index is 1.92. The van der Waals surface area contributed by atoms with Crippen LogP contribution in [0.4, 0.5) is 5.82 Å². The van der Waals surface area contributed by atoms with E-state index >= 15 is 0 Å². The lowest BCUT2D eigenvalue weighted by Gasteiger charge is -2.15. The minimum atomic E-state index is -0.342. The van der Waals surface area contributed by atoms with Crippen LogP contribution in [0.1, 0.15) is 15.9 Å². The van der Waals surface area contributed by atoms with Gasteiger partial charge in [0.05, 0.1) is 38.9 Å². The molecule has 0 aliphatic heterocycles. The van der Waals surface area contributed by atoms with E-state index in [0.717, 1.165) is 5.56 Å². The molecule has 0 saturated carbocycles. The van der Waals surface area contributed by atoms with Crippen molar-refractivity contribution in [3.05, 3.63) is 60.2 Å². The van der Waals surface area contributed by atoms with Crippen molar-refractivity contribution in [2.75, 3.05) is 33.6 Å². The van der Waals surface area contributed by atoms with Crippen molar-refractivity contribution in [1.82, 2.24) is 19.9 Å². The van der Waals surface area contributed by atoms with Crippen molar-refractivity contribution in [2.24, 2.45) is 0 Å². The number of aromatic nitrogens is 3. The molecule has 2 aromatic carbocycles. The number of methoxy groups -OCH3 is 3. The SMILES string of the molecule is C=CCNC(=O)c1c(N)n(Cc2cc(OC)c(OC)c(OC)c2)c2nc3ccccc3nc12. The molecule has 2 aromatic heterocycles. The van der Waals surface area contributed by atoms with Gasteiger partial charge in [0.25, 0.3) is 5.91 Å². The first-order valence-electron chi connectivity index (χ1n) is 10.2. The first kappa shape index (κ1) is 21.9. The second-order valence-electron chi connectivity index (χ2n) is 7.26. The normalized spacial score (nSPS) is 10.9. The number of ether oxygens (including phenoxy) is 3. The fourth-order valence-corrected chi connectivity index (χ4v) is 3.76. The number of anilines is 1. The molecule has 0 radical (unpaired) electrons. The van der Waals surface area contributed by atoms with Crippen LogP contribution in [0.5, 0.6) is 17.2 Å². The number of amides is 1. The van der Waals surface area contributed by atoms with Gasteiger partial charge in [-0.15, -0.1) is 6.58 Å². The van der Waals surface area contributed by atoms with E-state index in [4.69, 9.17) is 29.9 Å². The van der Waals surface area contributed by atoms with Gasteiger partial charge in [0.15, 0.2) is 17.1 Å². The summed E-state index contributed by atoms with van der Waals surface area (Å²) in [6, 6.07) is 11.1. The van der Waals surface area contributed by atoms with Gasteiger partial charge in [-0.2, -0.15) is 0 Å². The maximum atomic E-state index is 12.9. The summed E-state index contributed by atoms with van der Waals surface area (Å²) in [5.41, 5.74) is 9.91. The highest BCUT2D eigenvalue weighted by Gasteiger charge is 2.24. The maximum Gasteiger partial charge on any atom is 0.257 e. The first-order chi connectivity index (χ1) is 16.0. The minimum absolute atomic E-state index is 0.260. The molecule has 3 N–H and O–H groups in total. The van der Waals surface area contributed by atoms with Gasteiger partial charge in [-0.1, -0.05) is 18.2 Å². The van der Waals surface area contributed by atoms with Gasteiger partial charge in [0.2, 0.25) is 5.75 Å². The Morgan fingerprint density at radius 2 is 1.73 bits per heavy atom. The van der Waals surface area contributed by atoms with Gasteiger partial charge in [-0.05, 0) is 29.8 Å². The van der Waals surface area contributed by atoms with Crippen LogP contribution < -0.4 is 25.3 Å². The molecule has 0 atom stereocenters. The van der Waals surface area contributed by atoms with Gasteiger partial charge >= 0.3 is 0 Å². The number of hydrogen-bond donors (Lipinski definition) is 2. The second kappa shape index (κ2) is 9.07. The zero-order valence-corrected chi connectivity index (χ0v) is 18.7. The molecular weight excluding hydrogens is 422 g/mol. The summed E-state index contributed by atoms with van der Waals surface area (Å²) in [6.07, 6.45) is 1.60. The van der Waals surface area contributed by atoms with Gasteiger partial charge in [0, 0.05) is 6.54 Å². The third-order valence-electron chi connectivity index (χ3n) is 5.29. The van der Waals surface area contributed by atoms with E-state index < -0.39 is 0 Å². The molecule has 4 aromatic rings. The van der Waals surface area contributed by atoms with Crippen LogP contribution in [-0.2, 0) is 6.54 Å². The first-order valence-corrected chi connectivity index (χ1v) is 10.2.